The molecule has 0 spiro atoms. The molecule has 1 N–H and O–H groups in total. The molecule has 0 unspecified atom stereocenters. The van der Waals surface area contributed by atoms with Crippen molar-refractivity contribution in [3.63, 3.8) is 0 Å². The van der Waals surface area contributed by atoms with Gasteiger partial charge < -0.3 is 14.6 Å². The van der Waals surface area contributed by atoms with Gasteiger partial charge in [-0.25, -0.2) is 4.98 Å². The molecule has 5 heteroatoms. The maximum absolute atomic E-state index is 12.5. The Labute approximate surface area is 122 Å². The van der Waals surface area contributed by atoms with Crippen molar-refractivity contribution in [1.82, 2.24) is 9.97 Å². The molecular weight excluding hydrogens is 266 g/mol. The number of ether oxygens (including phenoxy) is 1. The summed E-state index contributed by atoms with van der Waals surface area (Å²) >= 11 is 0. The number of imidazole rings is 1. The molecule has 0 aliphatic rings. The van der Waals surface area contributed by atoms with Gasteiger partial charge in [0.05, 0.1) is 24.5 Å². The van der Waals surface area contributed by atoms with Gasteiger partial charge in [0.1, 0.15) is 5.75 Å². The van der Waals surface area contributed by atoms with Crippen molar-refractivity contribution in [3.05, 3.63) is 54.4 Å². The quantitative estimate of drug-likeness (QED) is 0.803. The number of carbonyl (C=O) groups is 1. The minimum atomic E-state index is -0.0727. The number of nitrogens with zero attached hydrogens (tertiary/aromatic N) is 2. The van der Waals surface area contributed by atoms with Crippen molar-refractivity contribution in [2.75, 3.05) is 19.1 Å². The van der Waals surface area contributed by atoms with Gasteiger partial charge in [0.25, 0.3) is 5.91 Å². The van der Waals surface area contributed by atoms with Crippen LogP contribution in [0.4, 0.5) is 5.69 Å². The first-order valence-electron chi connectivity index (χ1n) is 6.54. The average molecular weight is 281 g/mol. The van der Waals surface area contributed by atoms with Gasteiger partial charge in [0, 0.05) is 18.3 Å². The number of nitrogens with one attached hydrogen (secondary N) is 1. The van der Waals surface area contributed by atoms with E-state index in [1.807, 2.05) is 18.2 Å². The van der Waals surface area contributed by atoms with Crippen LogP contribution >= 0.6 is 0 Å². The number of benzene rings is 2. The third-order valence-electron chi connectivity index (χ3n) is 3.43. The number of fused-ring (bicyclic) bond motifs is 1. The Bertz CT molecular complexity index is 778. The summed E-state index contributed by atoms with van der Waals surface area (Å²) in [4.78, 5) is 21.3. The standard InChI is InChI=1S/C16H15N3O2/c1-19(12-5-8-14-15(9-12)18-10-17-14)16(20)11-3-6-13(21-2)7-4-11/h3-10H,1-2H3,(H,17,18). The summed E-state index contributed by atoms with van der Waals surface area (Å²) < 4.78 is 5.10. The largest absolute Gasteiger partial charge is 0.497 e. The first kappa shape index (κ1) is 13.2. The van der Waals surface area contributed by atoms with E-state index in [9.17, 15) is 4.79 Å². The van der Waals surface area contributed by atoms with E-state index in [4.69, 9.17) is 4.74 Å². The van der Waals surface area contributed by atoms with Gasteiger partial charge in [-0.3, -0.25) is 4.79 Å². The van der Waals surface area contributed by atoms with E-state index in [1.54, 1.807) is 49.7 Å². The number of anilines is 1. The molecule has 0 radical (unpaired) electrons. The van der Waals surface area contributed by atoms with Gasteiger partial charge in [-0.05, 0) is 42.5 Å². The van der Waals surface area contributed by atoms with Crippen LogP contribution in [0.15, 0.2) is 48.8 Å². The third kappa shape index (κ3) is 2.45. The highest BCUT2D eigenvalue weighted by Crippen LogP contribution is 2.21. The van der Waals surface area contributed by atoms with Crippen LogP contribution in [0, 0.1) is 0 Å². The summed E-state index contributed by atoms with van der Waals surface area (Å²) in [5.41, 5.74) is 3.21. The second-order valence-corrected chi connectivity index (χ2v) is 4.70. The van der Waals surface area contributed by atoms with Crippen LogP contribution in [0.25, 0.3) is 11.0 Å². The van der Waals surface area contributed by atoms with Crippen LogP contribution in [0.2, 0.25) is 0 Å². The summed E-state index contributed by atoms with van der Waals surface area (Å²) in [5, 5.41) is 0. The molecule has 1 aromatic heterocycles. The van der Waals surface area contributed by atoms with E-state index in [0.717, 1.165) is 22.5 Å². The molecule has 3 rings (SSSR count). The maximum Gasteiger partial charge on any atom is 0.258 e. The minimum absolute atomic E-state index is 0.0727. The van der Waals surface area contributed by atoms with Crippen molar-refractivity contribution in [3.8, 4) is 5.75 Å². The van der Waals surface area contributed by atoms with Crippen molar-refractivity contribution in [2.45, 2.75) is 0 Å². The fraction of sp³-hybridized carbons (Fsp3) is 0.125. The zero-order valence-corrected chi connectivity index (χ0v) is 11.8. The summed E-state index contributed by atoms with van der Waals surface area (Å²) in [5.74, 6) is 0.657. The number of methoxy groups -OCH3 is 1. The molecule has 0 bridgehead atoms. The molecule has 3 aromatic rings. The molecule has 106 valence electrons. The van der Waals surface area contributed by atoms with E-state index < -0.39 is 0 Å². The molecule has 0 aliphatic carbocycles. The summed E-state index contributed by atoms with van der Waals surface area (Å²) in [6.45, 7) is 0. The molecule has 1 amide bonds. The number of aromatic amines is 1. The lowest BCUT2D eigenvalue weighted by Gasteiger charge is -2.17. The number of rotatable bonds is 3. The van der Waals surface area contributed by atoms with Gasteiger partial charge in [0.15, 0.2) is 0 Å². The fourth-order valence-corrected chi connectivity index (χ4v) is 2.18. The molecular formula is C16H15N3O2. The lowest BCUT2D eigenvalue weighted by Crippen LogP contribution is -2.26. The Balaban J connectivity index is 1.88. The Morgan fingerprint density at radius 2 is 1.95 bits per heavy atom. The molecule has 1 heterocycles. The van der Waals surface area contributed by atoms with Crippen LogP contribution in [-0.4, -0.2) is 30.0 Å². The molecule has 0 fully saturated rings. The number of amides is 1. The predicted molar refractivity (Wildman–Crippen MR) is 81.8 cm³/mol. The molecule has 0 aliphatic heterocycles. The van der Waals surface area contributed by atoms with Gasteiger partial charge in [-0.1, -0.05) is 0 Å². The van der Waals surface area contributed by atoms with Crippen molar-refractivity contribution >= 4 is 22.6 Å². The van der Waals surface area contributed by atoms with E-state index >= 15 is 0 Å². The summed E-state index contributed by atoms with van der Waals surface area (Å²) in [6, 6.07) is 12.7. The van der Waals surface area contributed by atoms with Crippen molar-refractivity contribution in [1.29, 1.82) is 0 Å². The van der Waals surface area contributed by atoms with E-state index in [-0.39, 0.29) is 5.91 Å². The molecule has 0 saturated carbocycles. The number of aromatic nitrogens is 2. The Hall–Kier alpha value is -2.82. The Morgan fingerprint density at radius 1 is 1.19 bits per heavy atom. The van der Waals surface area contributed by atoms with Crippen LogP contribution in [0.3, 0.4) is 0 Å². The lowest BCUT2D eigenvalue weighted by molar-refractivity contribution is 0.0993. The van der Waals surface area contributed by atoms with Gasteiger partial charge in [-0.2, -0.15) is 0 Å². The van der Waals surface area contributed by atoms with Crippen molar-refractivity contribution in [2.24, 2.45) is 0 Å². The monoisotopic (exact) mass is 281 g/mol. The first-order valence-corrected chi connectivity index (χ1v) is 6.54. The number of carbonyl (C=O) groups excluding carboxylic acids is 1. The molecule has 2 aromatic carbocycles. The van der Waals surface area contributed by atoms with Crippen LogP contribution < -0.4 is 9.64 Å². The van der Waals surface area contributed by atoms with Crippen molar-refractivity contribution < 1.29 is 9.53 Å². The fourth-order valence-electron chi connectivity index (χ4n) is 2.18. The Kier molecular flexibility index (Phi) is 3.31. The Morgan fingerprint density at radius 3 is 2.67 bits per heavy atom. The second kappa shape index (κ2) is 5.28. The molecule has 21 heavy (non-hydrogen) atoms. The molecule has 0 saturated heterocycles. The van der Waals surface area contributed by atoms with Gasteiger partial charge in [0.2, 0.25) is 0 Å². The zero-order valence-electron chi connectivity index (χ0n) is 11.8. The first-order chi connectivity index (χ1) is 10.2. The van der Waals surface area contributed by atoms with E-state index in [0.29, 0.717) is 5.56 Å². The summed E-state index contributed by atoms with van der Waals surface area (Å²) in [7, 11) is 3.35. The third-order valence-corrected chi connectivity index (χ3v) is 3.43. The predicted octanol–water partition coefficient (Wildman–Crippen LogP) is 2.85. The second-order valence-electron chi connectivity index (χ2n) is 4.70. The number of H-pyrrole nitrogens is 1. The lowest BCUT2D eigenvalue weighted by atomic mass is 10.1. The van der Waals surface area contributed by atoms with Crippen LogP contribution in [-0.2, 0) is 0 Å². The molecule has 5 nitrogen and oxygen atoms in total. The van der Waals surface area contributed by atoms with E-state index in [2.05, 4.69) is 9.97 Å². The minimum Gasteiger partial charge on any atom is -0.497 e. The zero-order chi connectivity index (χ0) is 14.8. The van der Waals surface area contributed by atoms with Crippen LogP contribution in [0.1, 0.15) is 10.4 Å². The topological polar surface area (TPSA) is 58.2 Å². The molecule has 0 atom stereocenters. The maximum atomic E-state index is 12.5. The van der Waals surface area contributed by atoms with Crippen LogP contribution in [0.5, 0.6) is 5.75 Å². The normalized spacial score (nSPS) is 10.6. The van der Waals surface area contributed by atoms with Gasteiger partial charge >= 0.3 is 0 Å². The smallest absolute Gasteiger partial charge is 0.258 e. The number of hydrogen-bond donors (Lipinski definition) is 1. The summed E-state index contributed by atoms with van der Waals surface area (Å²) in [6.07, 6.45) is 1.64. The van der Waals surface area contributed by atoms with E-state index in [1.165, 1.54) is 0 Å². The number of hydrogen-bond acceptors (Lipinski definition) is 3. The highest BCUT2D eigenvalue weighted by atomic mass is 16.5. The highest BCUT2D eigenvalue weighted by molar-refractivity contribution is 6.06. The average Bonchev–Trinajstić information content (AvgIpc) is 3.01. The SMILES string of the molecule is COc1ccc(C(=O)N(C)c2ccc3nc[nH]c3c2)cc1. The van der Waals surface area contributed by atoms with Gasteiger partial charge in [-0.15, -0.1) is 0 Å². The highest BCUT2D eigenvalue weighted by Gasteiger charge is 2.14.